The van der Waals surface area contributed by atoms with Crippen molar-refractivity contribution in [1.82, 2.24) is 0 Å². The average Bonchev–Trinajstić information content (AvgIpc) is 2.55. The third kappa shape index (κ3) is 13.4. The highest BCUT2D eigenvalue weighted by atomic mass is 16.6. The molecule has 0 aliphatic heterocycles. The van der Waals surface area contributed by atoms with E-state index in [0.717, 1.165) is 18.7 Å². The van der Waals surface area contributed by atoms with Gasteiger partial charge in [-0.25, -0.2) is 0 Å². The molecule has 0 aromatic heterocycles. The summed E-state index contributed by atoms with van der Waals surface area (Å²) in [7, 11) is 0. The molecule has 0 radical (unpaired) electrons. The first kappa shape index (κ1) is 21.0. The molecule has 1 aromatic rings. The molecule has 0 saturated heterocycles. The summed E-state index contributed by atoms with van der Waals surface area (Å²) in [4.78, 5) is 5.48. The van der Waals surface area contributed by atoms with Crippen molar-refractivity contribution in [2.75, 3.05) is 12.1 Å². The van der Waals surface area contributed by atoms with Crippen molar-refractivity contribution >= 4 is 5.69 Å². The predicted octanol–water partition coefficient (Wildman–Crippen LogP) is 7.37. The molecule has 0 atom stereocenters. The minimum Gasteiger partial charge on any atom is -0.276 e. The van der Waals surface area contributed by atoms with Crippen LogP contribution in [0.1, 0.15) is 91.4 Å². The lowest BCUT2D eigenvalue weighted by molar-refractivity contribution is 0.187. The van der Waals surface area contributed by atoms with Gasteiger partial charge in [-0.1, -0.05) is 96.8 Å². The van der Waals surface area contributed by atoms with Crippen LogP contribution in [0.15, 0.2) is 30.3 Å². The van der Waals surface area contributed by atoms with Gasteiger partial charge in [-0.15, -0.1) is 0 Å². The number of hydrogen-bond donors (Lipinski definition) is 1. The first-order valence-corrected chi connectivity index (χ1v) is 10.0. The second kappa shape index (κ2) is 13.3. The zero-order valence-electron chi connectivity index (χ0n) is 16.3. The summed E-state index contributed by atoms with van der Waals surface area (Å²) >= 11 is 0. The van der Waals surface area contributed by atoms with Crippen LogP contribution < -0.4 is 5.48 Å². The summed E-state index contributed by atoms with van der Waals surface area (Å²) in [5.74, 6) is 0. The fraction of sp³-hybridized carbons (Fsp3) is 0.727. The van der Waals surface area contributed by atoms with Gasteiger partial charge in [0.25, 0.3) is 0 Å². The van der Waals surface area contributed by atoms with Gasteiger partial charge in [-0.2, -0.15) is 0 Å². The molecule has 0 bridgehead atoms. The number of rotatable bonds is 14. The van der Waals surface area contributed by atoms with Crippen molar-refractivity contribution in [1.29, 1.82) is 0 Å². The third-order valence-electron chi connectivity index (χ3n) is 4.39. The van der Waals surface area contributed by atoms with Gasteiger partial charge < -0.3 is 0 Å². The average molecular weight is 334 g/mol. The van der Waals surface area contributed by atoms with E-state index in [0.29, 0.717) is 5.41 Å². The summed E-state index contributed by atoms with van der Waals surface area (Å²) in [5.41, 5.74) is 4.53. The highest BCUT2D eigenvalue weighted by molar-refractivity contribution is 5.39. The Morgan fingerprint density at radius 3 is 1.75 bits per heavy atom. The van der Waals surface area contributed by atoms with E-state index >= 15 is 0 Å². The number of para-hydroxylation sites is 1. The molecule has 2 nitrogen and oxygen atoms in total. The molecule has 2 heteroatoms. The quantitative estimate of drug-likeness (QED) is 0.283. The molecule has 1 rings (SSSR count). The molecule has 0 heterocycles. The van der Waals surface area contributed by atoms with Crippen LogP contribution in [0.3, 0.4) is 0 Å². The minimum absolute atomic E-state index is 0.514. The van der Waals surface area contributed by atoms with Crippen LogP contribution in [-0.2, 0) is 4.84 Å². The van der Waals surface area contributed by atoms with Crippen LogP contribution in [-0.4, -0.2) is 6.61 Å². The molecule has 0 spiro atoms. The third-order valence-corrected chi connectivity index (χ3v) is 4.39. The Bertz CT molecular complexity index is 383. The van der Waals surface area contributed by atoms with E-state index in [1.165, 1.54) is 64.2 Å². The van der Waals surface area contributed by atoms with E-state index in [2.05, 4.69) is 26.3 Å². The molecule has 138 valence electrons. The van der Waals surface area contributed by atoms with E-state index in [9.17, 15) is 0 Å². The number of hydrogen-bond acceptors (Lipinski definition) is 2. The molecule has 1 N–H and O–H groups in total. The maximum atomic E-state index is 5.48. The lowest BCUT2D eigenvalue weighted by Gasteiger charge is -2.17. The van der Waals surface area contributed by atoms with Crippen molar-refractivity contribution in [2.24, 2.45) is 5.41 Å². The van der Waals surface area contributed by atoms with Crippen molar-refractivity contribution < 1.29 is 4.84 Å². The van der Waals surface area contributed by atoms with Crippen LogP contribution in [0.5, 0.6) is 0 Å². The molecular formula is C22H39NO. The summed E-state index contributed by atoms with van der Waals surface area (Å²) in [6, 6.07) is 10.1. The van der Waals surface area contributed by atoms with Crippen molar-refractivity contribution in [3.63, 3.8) is 0 Å². The molecule has 0 aliphatic carbocycles. The summed E-state index contributed by atoms with van der Waals surface area (Å²) in [6.45, 7) is 7.82. The number of unbranched alkanes of at least 4 members (excludes halogenated alkanes) is 9. The van der Waals surface area contributed by atoms with Gasteiger partial charge >= 0.3 is 0 Å². The minimum atomic E-state index is 0.514. The Balaban J connectivity index is 1.75. The standard InChI is InChI=1S/C22H39NO/c1-22(2,3)19-15-10-8-6-4-5-7-9-11-16-20-24-23-21-17-13-12-14-18-21/h12-14,17-18,23H,4-11,15-16,19-20H2,1-3H3. The maximum Gasteiger partial charge on any atom is 0.0746 e. The molecular weight excluding hydrogens is 294 g/mol. The highest BCUT2D eigenvalue weighted by Gasteiger charge is 2.08. The molecule has 24 heavy (non-hydrogen) atoms. The monoisotopic (exact) mass is 333 g/mol. The predicted molar refractivity (Wildman–Crippen MR) is 106 cm³/mol. The van der Waals surface area contributed by atoms with Gasteiger partial charge in [-0.05, 0) is 30.4 Å². The summed E-state index contributed by atoms with van der Waals surface area (Å²) < 4.78 is 0. The zero-order valence-corrected chi connectivity index (χ0v) is 16.3. The Morgan fingerprint density at radius 1 is 0.708 bits per heavy atom. The smallest absolute Gasteiger partial charge is 0.0746 e. The Labute approximate surface area is 150 Å². The number of benzene rings is 1. The number of nitrogens with one attached hydrogen (secondary N) is 1. The molecule has 1 aromatic carbocycles. The molecule has 0 saturated carbocycles. The second-order valence-corrected chi connectivity index (χ2v) is 8.16. The fourth-order valence-electron chi connectivity index (χ4n) is 2.88. The van der Waals surface area contributed by atoms with Gasteiger partial charge in [0, 0.05) is 0 Å². The fourth-order valence-corrected chi connectivity index (χ4v) is 2.88. The van der Waals surface area contributed by atoms with Gasteiger partial charge in [0.2, 0.25) is 0 Å². The SMILES string of the molecule is CC(C)(C)CCCCCCCCCCCCONc1ccccc1. The molecule has 0 fully saturated rings. The first-order valence-electron chi connectivity index (χ1n) is 10.0. The van der Waals surface area contributed by atoms with E-state index in [-0.39, 0.29) is 0 Å². The van der Waals surface area contributed by atoms with Crippen LogP contribution in [0, 0.1) is 5.41 Å². The van der Waals surface area contributed by atoms with Gasteiger partial charge in [0.05, 0.1) is 12.3 Å². The van der Waals surface area contributed by atoms with Gasteiger partial charge in [0.15, 0.2) is 0 Å². The lowest BCUT2D eigenvalue weighted by Crippen LogP contribution is -2.03. The van der Waals surface area contributed by atoms with Crippen LogP contribution >= 0.6 is 0 Å². The second-order valence-electron chi connectivity index (χ2n) is 8.16. The maximum absolute atomic E-state index is 5.48. The highest BCUT2D eigenvalue weighted by Crippen LogP contribution is 2.22. The summed E-state index contributed by atoms with van der Waals surface area (Å²) in [5, 5.41) is 0. The topological polar surface area (TPSA) is 21.3 Å². The lowest BCUT2D eigenvalue weighted by atomic mass is 9.89. The normalized spacial score (nSPS) is 11.6. The van der Waals surface area contributed by atoms with Crippen LogP contribution in [0.2, 0.25) is 0 Å². The van der Waals surface area contributed by atoms with E-state index in [1.807, 2.05) is 30.3 Å². The summed E-state index contributed by atoms with van der Waals surface area (Å²) in [6.07, 6.45) is 15.0. The first-order chi connectivity index (χ1) is 11.6. The number of anilines is 1. The van der Waals surface area contributed by atoms with Crippen molar-refractivity contribution in [3.05, 3.63) is 30.3 Å². The zero-order chi connectivity index (χ0) is 17.5. The van der Waals surface area contributed by atoms with Crippen molar-refractivity contribution in [3.8, 4) is 0 Å². The van der Waals surface area contributed by atoms with E-state index < -0.39 is 0 Å². The van der Waals surface area contributed by atoms with Crippen molar-refractivity contribution in [2.45, 2.75) is 91.4 Å². The van der Waals surface area contributed by atoms with E-state index in [4.69, 9.17) is 4.84 Å². The van der Waals surface area contributed by atoms with E-state index in [1.54, 1.807) is 0 Å². The molecule has 0 unspecified atom stereocenters. The largest absolute Gasteiger partial charge is 0.276 e. The van der Waals surface area contributed by atoms with Crippen LogP contribution in [0.25, 0.3) is 0 Å². The Hall–Kier alpha value is -1.02. The van der Waals surface area contributed by atoms with Crippen LogP contribution in [0.4, 0.5) is 5.69 Å². The van der Waals surface area contributed by atoms with Gasteiger partial charge in [-0.3, -0.25) is 10.3 Å². The Morgan fingerprint density at radius 2 is 1.21 bits per heavy atom. The van der Waals surface area contributed by atoms with Gasteiger partial charge in [0.1, 0.15) is 0 Å². The molecule has 0 aliphatic rings. The molecule has 0 amide bonds. The Kier molecular flexibility index (Phi) is 11.6.